The molecule has 0 N–H and O–H groups in total. The number of nitrogens with zero attached hydrogens (tertiary/aromatic N) is 1. The lowest BCUT2D eigenvalue weighted by molar-refractivity contribution is 0.944. The summed E-state index contributed by atoms with van der Waals surface area (Å²) in [6.45, 7) is 10.0. The van der Waals surface area contributed by atoms with Crippen LogP contribution in [0.4, 0.5) is 17.1 Å². The number of benzene rings is 7. The van der Waals surface area contributed by atoms with Gasteiger partial charge in [-0.25, -0.2) is 20.1 Å². The molecule has 0 spiro atoms. The molecule has 1 unspecified atom stereocenters. The fourth-order valence-electron chi connectivity index (χ4n) is 9.15. The van der Waals surface area contributed by atoms with E-state index in [2.05, 4.69) is 209 Å². The third-order valence-corrected chi connectivity index (χ3v) is 22.1. The molecule has 52 heavy (non-hydrogen) atoms. The van der Waals surface area contributed by atoms with Gasteiger partial charge in [-0.1, -0.05) is 113 Å². The highest BCUT2D eigenvalue weighted by Gasteiger charge is 2.59. The minimum absolute atomic E-state index is 0.0906. The topological polar surface area (TPSA) is 3.24 Å². The second-order valence-corrected chi connectivity index (χ2v) is 25.0. The van der Waals surface area contributed by atoms with Crippen LogP contribution in [0.15, 0.2) is 152 Å². The lowest BCUT2D eigenvalue weighted by Crippen LogP contribution is -2.43. The van der Waals surface area contributed by atoms with Gasteiger partial charge in [0.05, 0.1) is 4.08 Å². The maximum absolute atomic E-state index is 2.69. The molecule has 7 aromatic carbocycles. The first-order valence-electron chi connectivity index (χ1n) is 18.5. The van der Waals surface area contributed by atoms with Crippen molar-refractivity contribution >= 4 is 58.7 Å². The molecule has 0 saturated heterocycles. The summed E-state index contributed by atoms with van der Waals surface area (Å²) in [5.41, 5.74) is 12.0. The normalized spacial score (nSPS) is 16.3. The summed E-state index contributed by atoms with van der Waals surface area (Å²) in [5.74, 6) is 0. The van der Waals surface area contributed by atoms with Crippen LogP contribution in [0.2, 0.25) is 0 Å². The minimum atomic E-state index is -1.28. The van der Waals surface area contributed by atoms with Crippen molar-refractivity contribution in [3.63, 3.8) is 0 Å². The van der Waals surface area contributed by atoms with Crippen LogP contribution in [-0.4, -0.2) is 35.5 Å². The minimum Gasteiger partial charge on any atom is -0.310 e. The fraction of sp³-hybridized carbons (Fsp3) is 0.224. The molecule has 0 aliphatic heterocycles. The van der Waals surface area contributed by atoms with E-state index in [1.807, 2.05) is 0 Å². The summed E-state index contributed by atoms with van der Waals surface area (Å²) in [5, 5.41) is 6.32. The van der Waals surface area contributed by atoms with Gasteiger partial charge in [-0.05, 0) is 157 Å². The third kappa shape index (κ3) is 5.23. The van der Waals surface area contributed by atoms with Crippen LogP contribution in [0.3, 0.4) is 0 Å². The van der Waals surface area contributed by atoms with E-state index in [4.69, 9.17) is 0 Å². The van der Waals surface area contributed by atoms with Gasteiger partial charge in [0.25, 0.3) is 0 Å². The molecule has 7 aromatic rings. The molecule has 1 aliphatic rings. The zero-order valence-electron chi connectivity index (χ0n) is 31.9. The van der Waals surface area contributed by atoms with Crippen LogP contribution in [0.25, 0.3) is 43.8 Å². The second kappa shape index (κ2) is 12.9. The van der Waals surface area contributed by atoms with E-state index in [1.54, 1.807) is 11.1 Å². The van der Waals surface area contributed by atoms with E-state index in [0.29, 0.717) is 10.5 Å². The molecule has 8 rings (SSSR count). The van der Waals surface area contributed by atoms with Crippen molar-refractivity contribution < 1.29 is 0 Å². The number of rotatable bonds is 8. The van der Waals surface area contributed by atoms with Gasteiger partial charge >= 0.3 is 0 Å². The Bertz CT molecular complexity index is 2360. The number of fused-ring (bicyclic) bond motifs is 5. The highest BCUT2D eigenvalue weighted by atomic mass is 32.3. The molecule has 0 amide bonds. The van der Waals surface area contributed by atoms with E-state index in [9.17, 15) is 0 Å². The van der Waals surface area contributed by atoms with Gasteiger partial charge in [-0.3, -0.25) is 0 Å². The van der Waals surface area contributed by atoms with Crippen molar-refractivity contribution in [1.29, 1.82) is 0 Å². The Balaban J connectivity index is 1.43. The van der Waals surface area contributed by atoms with Gasteiger partial charge in [-0.2, -0.15) is 0 Å². The number of para-hydroxylation sites is 2. The quantitative estimate of drug-likeness (QED) is 0.151. The van der Waals surface area contributed by atoms with Crippen LogP contribution in [0.5, 0.6) is 0 Å². The maximum Gasteiger partial charge on any atom is 0.0820 e. The van der Waals surface area contributed by atoms with E-state index in [-0.39, 0.29) is 4.08 Å². The van der Waals surface area contributed by atoms with Gasteiger partial charge in [0.15, 0.2) is 0 Å². The summed E-state index contributed by atoms with van der Waals surface area (Å²) >= 11 is 0. The highest BCUT2D eigenvalue weighted by Crippen LogP contribution is 2.85. The van der Waals surface area contributed by atoms with Crippen molar-refractivity contribution in [1.82, 2.24) is 0 Å². The van der Waals surface area contributed by atoms with Gasteiger partial charge in [0.2, 0.25) is 0 Å². The summed E-state index contributed by atoms with van der Waals surface area (Å²) < 4.78 is -0.0906. The van der Waals surface area contributed by atoms with E-state index in [0.717, 1.165) is 11.4 Å². The van der Waals surface area contributed by atoms with Crippen LogP contribution in [0, 0.1) is 0 Å². The Kier molecular flexibility index (Phi) is 8.59. The van der Waals surface area contributed by atoms with E-state index >= 15 is 0 Å². The summed E-state index contributed by atoms with van der Waals surface area (Å²) in [7, 11) is -2.51. The molecule has 0 aromatic heterocycles. The Hall–Kier alpha value is -4.44. The Morgan fingerprint density at radius 1 is 0.423 bits per heavy atom. The predicted molar refractivity (Wildman–Crippen MR) is 237 cm³/mol. The zero-order valence-corrected chi connectivity index (χ0v) is 33.5. The summed E-state index contributed by atoms with van der Waals surface area (Å²) in [6.07, 6.45) is 10.5. The first-order valence-corrected chi connectivity index (χ1v) is 23.5. The fourth-order valence-corrected chi connectivity index (χ4v) is 20.0. The lowest BCUT2D eigenvalue weighted by Gasteiger charge is -2.65. The third-order valence-electron chi connectivity index (χ3n) is 11.8. The molecular formula is C49H51NS2. The van der Waals surface area contributed by atoms with Crippen molar-refractivity contribution in [2.75, 3.05) is 29.9 Å². The molecule has 0 bridgehead atoms. The molecule has 0 saturated carbocycles. The molecule has 1 aliphatic carbocycles. The monoisotopic (exact) mass is 717 g/mol. The average Bonchev–Trinajstić information content (AvgIpc) is 3.42. The van der Waals surface area contributed by atoms with Crippen LogP contribution < -0.4 is 4.90 Å². The van der Waals surface area contributed by atoms with Gasteiger partial charge < -0.3 is 4.90 Å². The van der Waals surface area contributed by atoms with E-state index in [1.165, 1.54) is 49.5 Å². The second-order valence-electron chi connectivity index (χ2n) is 15.9. The number of anilines is 3. The first kappa shape index (κ1) is 34.6. The van der Waals surface area contributed by atoms with Crippen LogP contribution in [0.1, 0.15) is 38.8 Å². The lowest BCUT2D eigenvalue weighted by atomic mass is 9.96. The molecular weight excluding hydrogens is 667 g/mol. The standard InChI is InChI=1S/C49H51NS2/c1-34(2)52(8,35(3)4)49(51(5,6)7)47-32-40-28-37(36-18-12-9-13-19-36)24-25-38(40)30-45(47)46-31-39-26-27-44(29-41(39)33-48(46)49)50(42-20-14-10-15-21-42)43-22-16-11-17-23-43/h9-35H,1-8H3. The Labute approximate surface area is 314 Å². The van der Waals surface area contributed by atoms with Crippen molar-refractivity contribution in [2.24, 2.45) is 0 Å². The number of hydrogen-bond donors (Lipinski definition) is 0. The number of hydrogen-bond acceptors (Lipinski definition) is 1. The van der Waals surface area contributed by atoms with Crippen molar-refractivity contribution in [2.45, 2.75) is 42.3 Å². The average molecular weight is 718 g/mol. The molecule has 0 fully saturated rings. The predicted octanol–water partition coefficient (Wildman–Crippen LogP) is 14.3. The van der Waals surface area contributed by atoms with Gasteiger partial charge in [-0.15, -0.1) is 0 Å². The van der Waals surface area contributed by atoms with Crippen molar-refractivity contribution in [3.8, 4) is 22.3 Å². The van der Waals surface area contributed by atoms with Gasteiger partial charge in [0, 0.05) is 17.1 Å². The summed E-state index contributed by atoms with van der Waals surface area (Å²) in [4.78, 5) is 2.39. The highest BCUT2D eigenvalue weighted by molar-refractivity contribution is 8.49. The maximum atomic E-state index is 2.69. The molecule has 0 heterocycles. The van der Waals surface area contributed by atoms with Crippen LogP contribution >= 0.6 is 20.1 Å². The SMILES string of the molecule is CC(C)S(C)(C(C)C)C1(S(C)(C)C)c2cc3cc(-c4ccccc4)ccc3cc2-c2cc3ccc(N(c4ccccc4)c4ccccc4)cc3cc21. The Morgan fingerprint density at radius 3 is 1.37 bits per heavy atom. The smallest absolute Gasteiger partial charge is 0.0820 e. The zero-order chi connectivity index (χ0) is 36.4. The molecule has 264 valence electrons. The summed E-state index contributed by atoms with van der Waals surface area (Å²) in [6, 6.07) is 56.8. The molecule has 0 radical (unpaired) electrons. The van der Waals surface area contributed by atoms with Crippen LogP contribution in [-0.2, 0) is 4.08 Å². The molecule has 3 heteroatoms. The largest absolute Gasteiger partial charge is 0.310 e. The van der Waals surface area contributed by atoms with Crippen molar-refractivity contribution in [3.05, 3.63) is 163 Å². The van der Waals surface area contributed by atoms with Gasteiger partial charge in [0.1, 0.15) is 0 Å². The molecule has 1 nitrogen and oxygen atoms in total. The van der Waals surface area contributed by atoms with E-state index < -0.39 is 20.1 Å². The Morgan fingerprint density at radius 2 is 0.885 bits per heavy atom. The first-order chi connectivity index (χ1) is 24.9. The molecule has 1 atom stereocenters.